The lowest BCUT2D eigenvalue weighted by molar-refractivity contribution is -0.137. The van der Waals surface area contributed by atoms with E-state index in [0.29, 0.717) is 34.0 Å². The highest BCUT2D eigenvalue weighted by Crippen LogP contribution is 2.34. The van der Waals surface area contributed by atoms with E-state index >= 15 is 0 Å². The molecule has 0 atom stereocenters. The summed E-state index contributed by atoms with van der Waals surface area (Å²) in [6.45, 7) is 0. The van der Waals surface area contributed by atoms with Gasteiger partial charge in [-0.1, -0.05) is 12.1 Å². The van der Waals surface area contributed by atoms with E-state index in [1.165, 1.54) is 32.4 Å². The first-order chi connectivity index (χ1) is 13.9. The minimum atomic E-state index is -4.44. The van der Waals surface area contributed by atoms with Crippen LogP contribution in [0.4, 0.5) is 13.2 Å². The van der Waals surface area contributed by atoms with E-state index in [0.717, 1.165) is 12.1 Å². The smallest absolute Gasteiger partial charge is 0.416 e. The number of alkyl halides is 3. The fourth-order valence-electron chi connectivity index (χ4n) is 2.76. The molecule has 1 heterocycles. The topological polar surface area (TPSA) is 55.4 Å². The molecule has 3 rings (SSSR count). The van der Waals surface area contributed by atoms with E-state index in [1.54, 1.807) is 30.3 Å². The van der Waals surface area contributed by atoms with Crippen LogP contribution in [-0.2, 0) is 6.18 Å². The summed E-state index contributed by atoms with van der Waals surface area (Å²) in [5.41, 5.74) is 0.425. The molecule has 0 spiro atoms. The van der Waals surface area contributed by atoms with E-state index in [4.69, 9.17) is 13.9 Å². The Bertz CT molecular complexity index is 1090. The molecule has 0 amide bonds. The van der Waals surface area contributed by atoms with Gasteiger partial charge in [0.2, 0.25) is 0 Å². The first kappa shape index (κ1) is 20.1. The normalized spacial score (nSPS) is 11.8. The maximum absolute atomic E-state index is 12.9. The summed E-state index contributed by atoms with van der Waals surface area (Å²) in [6.07, 6.45) is -2.93. The van der Waals surface area contributed by atoms with Gasteiger partial charge < -0.3 is 13.9 Å². The molecule has 2 aromatic carbocycles. The Kier molecular flexibility index (Phi) is 5.64. The minimum Gasteiger partial charge on any atom is -0.493 e. The van der Waals surface area contributed by atoms with E-state index in [-0.39, 0.29) is 5.76 Å². The van der Waals surface area contributed by atoms with Crippen LogP contribution in [0, 0.1) is 11.3 Å². The molecule has 0 unspecified atom stereocenters. The summed E-state index contributed by atoms with van der Waals surface area (Å²) >= 11 is 0. The maximum atomic E-state index is 12.9. The van der Waals surface area contributed by atoms with Crippen LogP contribution in [0.5, 0.6) is 11.5 Å². The molecule has 0 bridgehead atoms. The van der Waals surface area contributed by atoms with Crippen molar-refractivity contribution in [1.29, 1.82) is 5.26 Å². The number of rotatable bonds is 5. The number of ether oxygens (including phenoxy) is 2. The van der Waals surface area contributed by atoms with Gasteiger partial charge in [0.15, 0.2) is 11.5 Å². The van der Waals surface area contributed by atoms with Crippen molar-refractivity contribution in [3.05, 3.63) is 71.5 Å². The fraction of sp³-hybridized carbons (Fsp3) is 0.136. The molecule has 0 saturated heterocycles. The summed E-state index contributed by atoms with van der Waals surface area (Å²) in [7, 11) is 3.00. The standard InChI is InChI=1S/C22H16F3NO3/c1-27-20-8-6-14(12-21(20)28-2)16(13-26)11-18-7-9-19(29-18)15-4-3-5-17(10-15)22(23,24)25/h3-12H,1-2H3. The van der Waals surface area contributed by atoms with E-state index in [2.05, 4.69) is 6.07 Å². The Morgan fingerprint density at radius 3 is 2.41 bits per heavy atom. The highest BCUT2D eigenvalue weighted by Gasteiger charge is 2.30. The van der Waals surface area contributed by atoms with Crippen molar-refractivity contribution in [1.82, 2.24) is 0 Å². The second-order valence-electron chi connectivity index (χ2n) is 6.02. The zero-order valence-electron chi connectivity index (χ0n) is 15.6. The number of hydrogen-bond acceptors (Lipinski definition) is 4. The third kappa shape index (κ3) is 4.43. The van der Waals surface area contributed by atoms with E-state index in [9.17, 15) is 18.4 Å². The van der Waals surface area contributed by atoms with Gasteiger partial charge in [0.1, 0.15) is 11.5 Å². The van der Waals surface area contributed by atoms with Gasteiger partial charge >= 0.3 is 6.18 Å². The van der Waals surface area contributed by atoms with E-state index in [1.807, 2.05) is 0 Å². The van der Waals surface area contributed by atoms with Crippen LogP contribution < -0.4 is 9.47 Å². The first-order valence-electron chi connectivity index (χ1n) is 8.47. The Labute approximate surface area is 165 Å². The molecule has 0 saturated carbocycles. The number of nitriles is 1. The molecule has 0 aliphatic heterocycles. The summed E-state index contributed by atoms with van der Waals surface area (Å²) in [4.78, 5) is 0. The average Bonchev–Trinajstić information content (AvgIpc) is 3.19. The van der Waals surface area contributed by atoms with Crippen LogP contribution in [0.15, 0.2) is 59.0 Å². The number of furan rings is 1. The Balaban J connectivity index is 1.94. The van der Waals surface area contributed by atoms with Gasteiger partial charge in [-0.2, -0.15) is 18.4 Å². The Morgan fingerprint density at radius 1 is 1.00 bits per heavy atom. The van der Waals surface area contributed by atoms with Crippen molar-refractivity contribution in [3.8, 4) is 28.9 Å². The van der Waals surface area contributed by atoms with Gasteiger partial charge in [0, 0.05) is 5.56 Å². The number of halogens is 3. The molecule has 4 nitrogen and oxygen atoms in total. The molecule has 0 aliphatic carbocycles. The third-order valence-electron chi connectivity index (χ3n) is 4.20. The lowest BCUT2D eigenvalue weighted by atomic mass is 10.1. The number of hydrogen-bond donors (Lipinski definition) is 0. The predicted octanol–water partition coefficient (Wildman–Crippen LogP) is 6.05. The summed E-state index contributed by atoms with van der Waals surface area (Å²) in [6, 6.07) is 15.1. The van der Waals surface area contributed by atoms with Crippen molar-refractivity contribution >= 4 is 11.6 Å². The summed E-state index contributed by atoms with van der Waals surface area (Å²) in [5, 5.41) is 9.52. The van der Waals surface area contributed by atoms with Crippen LogP contribution in [0.25, 0.3) is 23.0 Å². The quantitative estimate of drug-likeness (QED) is 0.490. The zero-order chi connectivity index (χ0) is 21.0. The predicted molar refractivity (Wildman–Crippen MR) is 102 cm³/mol. The molecule has 1 aromatic heterocycles. The third-order valence-corrected chi connectivity index (χ3v) is 4.20. The lowest BCUT2D eigenvalue weighted by Gasteiger charge is -2.09. The molecular formula is C22H16F3NO3. The van der Waals surface area contributed by atoms with Crippen LogP contribution in [0.2, 0.25) is 0 Å². The molecule has 3 aromatic rings. The molecule has 0 fully saturated rings. The van der Waals surface area contributed by atoms with Crippen molar-refractivity contribution in [2.24, 2.45) is 0 Å². The van der Waals surface area contributed by atoms with E-state index < -0.39 is 11.7 Å². The maximum Gasteiger partial charge on any atom is 0.416 e. The monoisotopic (exact) mass is 399 g/mol. The molecule has 0 radical (unpaired) electrons. The molecule has 0 N–H and O–H groups in total. The largest absolute Gasteiger partial charge is 0.493 e. The highest BCUT2D eigenvalue weighted by molar-refractivity contribution is 5.89. The van der Waals surface area contributed by atoms with Crippen molar-refractivity contribution < 1.29 is 27.1 Å². The zero-order valence-corrected chi connectivity index (χ0v) is 15.6. The van der Waals surface area contributed by atoms with Gasteiger partial charge in [0.25, 0.3) is 0 Å². The Hall–Kier alpha value is -3.66. The Morgan fingerprint density at radius 2 is 1.76 bits per heavy atom. The average molecular weight is 399 g/mol. The molecule has 7 heteroatoms. The van der Waals surface area contributed by atoms with Crippen LogP contribution in [-0.4, -0.2) is 14.2 Å². The van der Waals surface area contributed by atoms with Crippen molar-refractivity contribution in [2.75, 3.05) is 14.2 Å². The van der Waals surface area contributed by atoms with Crippen molar-refractivity contribution in [2.45, 2.75) is 6.18 Å². The summed E-state index contributed by atoms with van der Waals surface area (Å²) < 4.78 is 54.8. The van der Waals surface area contributed by atoms with Crippen molar-refractivity contribution in [3.63, 3.8) is 0 Å². The van der Waals surface area contributed by atoms with Crippen LogP contribution >= 0.6 is 0 Å². The van der Waals surface area contributed by atoms with Gasteiger partial charge in [-0.3, -0.25) is 0 Å². The number of allylic oxidation sites excluding steroid dienone is 1. The first-order valence-corrected chi connectivity index (χ1v) is 8.47. The summed E-state index contributed by atoms with van der Waals surface area (Å²) in [5.74, 6) is 1.60. The number of benzene rings is 2. The van der Waals surface area contributed by atoms with Gasteiger partial charge in [0.05, 0.1) is 31.4 Å². The molecule has 148 valence electrons. The number of methoxy groups -OCH3 is 2. The highest BCUT2D eigenvalue weighted by atomic mass is 19.4. The second-order valence-corrected chi connectivity index (χ2v) is 6.02. The lowest BCUT2D eigenvalue weighted by Crippen LogP contribution is -2.04. The van der Waals surface area contributed by atoms with Crippen LogP contribution in [0.1, 0.15) is 16.9 Å². The molecule has 0 aliphatic rings. The van der Waals surface area contributed by atoms with Gasteiger partial charge in [-0.25, -0.2) is 0 Å². The molecular weight excluding hydrogens is 383 g/mol. The fourth-order valence-corrected chi connectivity index (χ4v) is 2.76. The number of nitrogens with zero attached hydrogens (tertiary/aromatic N) is 1. The second kappa shape index (κ2) is 8.15. The SMILES string of the molecule is COc1ccc(C(C#N)=Cc2ccc(-c3cccc(C(F)(F)F)c3)o2)cc1OC. The van der Waals surface area contributed by atoms with Crippen LogP contribution in [0.3, 0.4) is 0 Å². The van der Waals surface area contributed by atoms with Gasteiger partial charge in [-0.05, 0) is 54.1 Å². The minimum absolute atomic E-state index is 0.270. The van der Waals surface area contributed by atoms with Gasteiger partial charge in [-0.15, -0.1) is 0 Å². The molecule has 29 heavy (non-hydrogen) atoms.